The van der Waals surface area contributed by atoms with Crippen LogP contribution in [0.1, 0.15) is 33.1 Å². The van der Waals surface area contributed by atoms with Gasteiger partial charge in [0, 0.05) is 10.2 Å². The van der Waals surface area contributed by atoms with Crippen molar-refractivity contribution in [3.05, 3.63) is 0 Å². The molecule has 3 atom stereocenters. The number of hydrogen-bond donors (Lipinski definition) is 0. The zero-order chi connectivity index (χ0) is 7.35. The third-order valence-electron chi connectivity index (χ3n) is 3.86. The lowest BCUT2D eigenvalue weighted by Crippen LogP contribution is -2.17. The van der Waals surface area contributed by atoms with E-state index >= 15 is 0 Å². The standard InChI is InChI=1S/C9H15Si/c1-9(2)6-3-4-7(9)8(10)5-6/h6-8H,3-5H2,1-2H3. The maximum atomic E-state index is 3.82. The summed E-state index contributed by atoms with van der Waals surface area (Å²) >= 11 is 0. The smallest absolute Gasteiger partial charge is 0.0270 e. The molecule has 0 aromatic rings. The van der Waals surface area contributed by atoms with E-state index in [4.69, 9.17) is 0 Å². The molecular formula is C9H15Si. The maximum Gasteiger partial charge on any atom is 0.0270 e. The summed E-state index contributed by atoms with van der Waals surface area (Å²) in [6, 6.07) is 0. The molecule has 0 aromatic carbocycles. The SMILES string of the molecule is CC1(C)C2CCC1C([Si])C2. The molecule has 1 heteroatoms. The van der Waals surface area contributed by atoms with Crippen molar-refractivity contribution in [3.63, 3.8) is 0 Å². The summed E-state index contributed by atoms with van der Waals surface area (Å²) in [5.74, 6) is 1.98. The van der Waals surface area contributed by atoms with Crippen LogP contribution in [0.25, 0.3) is 0 Å². The van der Waals surface area contributed by atoms with Gasteiger partial charge in [0.25, 0.3) is 0 Å². The van der Waals surface area contributed by atoms with Crippen LogP contribution in [0.5, 0.6) is 0 Å². The molecule has 2 bridgehead atoms. The molecule has 0 heterocycles. The molecule has 0 aliphatic heterocycles. The van der Waals surface area contributed by atoms with E-state index in [0.717, 1.165) is 17.4 Å². The molecule has 0 amide bonds. The van der Waals surface area contributed by atoms with Gasteiger partial charge in [0.15, 0.2) is 0 Å². The molecule has 2 saturated carbocycles. The minimum atomic E-state index is 0.645. The van der Waals surface area contributed by atoms with E-state index in [-0.39, 0.29) is 0 Å². The molecule has 0 nitrogen and oxygen atoms in total. The molecule has 2 rings (SSSR count). The van der Waals surface area contributed by atoms with Gasteiger partial charge in [0.1, 0.15) is 0 Å². The van der Waals surface area contributed by atoms with E-state index in [1.54, 1.807) is 0 Å². The summed E-state index contributed by atoms with van der Waals surface area (Å²) in [5, 5.41) is 0. The Bertz CT molecular complexity index is 151. The van der Waals surface area contributed by atoms with E-state index in [9.17, 15) is 0 Å². The number of fused-ring (bicyclic) bond motifs is 2. The molecule has 0 saturated heterocycles. The lowest BCUT2D eigenvalue weighted by molar-refractivity contribution is 0.260. The molecule has 0 aromatic heterocycles. The van der Waals surface area contributed by atoms with Gasteiger partial charge >= 0.3 is 0 Å². The molecule has 3 radical (unpaired) electrons. The third-order valence-corrected chi connectivity index (χ3v) is 4.50. The van der Waals surface area contributed by atoms with Crippen molar-refractivity contribution in [2.45, 2.75) is 38.7 Å². The zero-order valence-corrected chi connectivity index (χ0v) is 7.85. The van der Waals surface area contributed by atoms with Crippen molar-refractivity contribution in [3.8, 4) is 0 Å². The molecule has 3 unspecified atom stereocenters. The molecule has 2 aliphatic carbocycles. The Hall–Kier alpha value is 0.217. The third kappa shape index (κ3) is 0.673. The normalized spacial score (nSPS) is 50.1. The lowest BCUT2D eigenvalue weighted by atomic mass is 9.82. The zero-order valence-electron chi connectivity index (χ0n) is 6.85. The van der Waals surface area contributed by atoms with Crippen LogP contribution in [0.2, 0.25) is 5.54 Å². The van der Waals surface area contributed by atoms with Crippen molar-refractivity contribution in [1.29, 1.82) is 0 Å². The van der Waals surface area contributed by atoms with Crippen molar-refractivity contribution in [2.75, 3.05) is 0 Å². The fraction of sp³-hybridized carbons (Fsp3) is 1.00. The van der Waals surface area contributed by atoms with Crippen LogP contribution in [0.15, 0.2) is 0 Å². The second kappa shape index (κ2) is 1.88. The highest BCUT2D eigenvalue weighted by molar-refractivity contribution is 6.12. The predicted octanol–water partition coefficient (Wildman–Crippen LogP) is 2.40. The summed E-state index contributed by atoms with van der Waals surface area (Å²) in [6.45, 7) is 4.88. The number of rotatable bonds is 0. The van der Waals surface area contributed by atoms with Crippen molar-refractivity contribution in [2.24, 2.45) is 17.3 Å². The van der Waals surface area contributed by atoms with Crippen LogP contribution in [0.3, 0.4) is 0 Å². The summed E-state index contributed by atoms with van der Waals surface area (Å²) in [4.78, 5) is 0. The Labute approximate surface area is 66.8 Å². The van der Waals surface area contributed by atoms with Gasteiger partial charge in [-0.05, 0) is 42.1 Å². The minimum Gasteiger partial charge on any atom is -0.0594 e. The lowest BCUT2D eigenvalue weighted by Gasteiger charge is -2.24. The minimum absolute atomic E-state index is 0.645. The van der Waals surface area contributed by atoms with Crippen LogP contribution in [0, 0.1) is 17.3 Å². The Morgan fingerprint density at radius 1 is 1.30 bits per heavy atom. The van der Waals surface area contributed by atoms with E-state index in [1.807, 2.05) is 0 Å². The summed E-state index contributed by atoms with van der Waals surface area (Å²) < 4.78 is 0. The van der Waals surface area contributed by atoms with Gasteiger partial charge in [-0.2, -0.15) is 0 Å². The second-order valence-corrected chi connectivity index (χ2v) is 5.29. The van der Waals surface area contributed by atoms with Gasteiger partial charge in [0.2, 0.25) is 0 Å². The average Bonchev–Trinajstić information content (AvgIpc) is 2.20. The summed E-state index contributed by atoms with van der Waals surface area (Å²) in [7, 11) is 3.82. The van der Waals surface area contributed by atoms with E-state index in [1.165, 1.54) is 19.3 Å². The van der Waals surface area contributed by atoms with E-state index in [0.29, 0.717) is 5.41 Å². The topological polar surface area (TPSA) is 0 Å². The van der Waals surface area contributed by atoms with E-state index in [2.05, 4.69) is 24.1 Å². The first-order valence-corrected chi connectivity index (χ1v) is 4.91. The number of hydrogen-bond acceptors (Lipinski definition) is 0. The predicted molar refractivity (Wildman–Crippen MR) is 44.1 cm³/mol. The fourth-order valence-electron chi connectivity index (χ4n) is 3.04. The van der Waals surface area contributed by atoms with Crippen LogP contribution < -0.4 is 0 Å². The molecule has 2 aliphatic rings. The first kappa shape index (κ1) is 6.90. The Morgan fingerprint density at radius 2 is 2.00 bits per heavy atom. The van der Waals surface area contributed by atoms with Gasteiger partial charge in [-0.1, -0.05) is 13.8 Å². The van der Waals surface area contributed by atoms with Crippen molar-refractivity contribution in [1.82, 2.24) is 0 Å². The maximum absolute atomic E-state index is 3.82. The Morgan fingerprint density at radius 3 is 2.20 bits per heavy atom. The van der Waals surface area contributed by atoms with Crippen molar-refractivity contribution < 1.29 is 0 Å². The molecule has 55 valence electrons. The van der Waals surface area contributed by atoms with Crippen molar-refractivity contribution >= 4 is 10.2 Å². The fourth-order valence-corrected chi connectivity index (χ4v) is 3.92. The van der Waals surface area contributed by atoms with Gasteiger partial charge in [-0.25, -0.2) is 0 Å². The second-order valence-electron chi connectivity index (χ2n) is 4.54. The molecule has 0 spiro atoms. The Kier molecular flexibility index (Phi) is 1.29. The highest BCUT2D eigenvalue weighted by atomic mass is 28.1. The molecular weight excluding hydrogens is 136 g/mol. The largest absolute Gasteiger partial charge is 0.0594 e. The highest BCUT2D eigenvalue weighted by Crippen LogP contribution is 2.61. The van der Waals surface area contributed by atoms with Gasteiger partial charge in [0.05, 0.1) is 0 Å². The Balaban J connectivity index is 2.27. The first-order valence-electron chi connectivity index (χ1n) is 4.33. The van der Waals surface area contributed by atoms with Gasteiger partial charge in [-0.15, -0.1) is 0 Å². The van der Waals surface area contributed by atoms with Gasteiger partial charge < -0.3 is 0 Å². The quantitative estimate of drug-likeness (QED) is 0.466. The molecule has 10 heavy (non-hydrogen) atoms. The van der Waals surface area contributed by atoms with E-state index < -0.39 is 0 Å². The van der Waals surface area contributed by atoms with Gasteiger partial charge in [-0.3, -0.25) is 0 Å². The van der Waals surface area contributed by atoms with Crippen LogP contribution in [-0.4, -0.2) is 10.2 Å². The summed E-state index contributed by atoms with van der Waals surface area (Å²) in [6.07, 6.45) is 4.37. The van der Waals surface area contributed by atoms with Crippen LogP contribution >= 0.6 is 0 Å². The monoisotopic (exact) mass is 151 g/mol. The highest BCUT2D eigenvalue weighted by Gasteiger charge is 2.51. The summed E-state index contributed by atoms with van der Waals surface area (Å²) in [5.41, 5.74) is 1.47. The molecule has 0 N–H and O–H groups in total. The van der Waals surface area contributed by atoms with Crippen LogP contribution in [-0.2, 0) is 0 Å². The average molecular weight is 151 g/mol. The first-order chi connectivity index (χ1) is 4.62. The molecule has 2 fully saturated rings. The van der Waals surface area contributed by atoms with Crippen LogP contribution in [0.4, 0.5) is 0 Å².